The molecule has 0 fully saturated rings. The van der Waals surface area contributed by atoms with Crippen LogP contribution < -0.4 is 5.32 Å². The number of aryl methyl sites for hydroxylation is 1. The second-order valence-corrected chi connectivity index (χ2v) is 6.93. The average molecular weight is 386 g/mol. The molecule has 0 aliphatic heterocycles. The number of ketones is 2. The molecule has 1 aliphatic rings. The quantitative estimate of drug-likeness (QED) is 0.545. The highest BCUT2D eigenvalue weighted by atomic mass is 16.4. The van der Waals surface area contributed by atoms with Crippen LogP contribution in [0.2, 0.25) is 0 Å². The molecule has 0 heterocycles. The fourth-order valence-electron chi connectivity index (χ4n) is 3.51. The van der Waals surface area contributed by atoms with Crippen LogP contribution in [0, 0.1) is 6.92 Å². The van der Waals surface area contributed by atoms with Crippen molar-refractivity contribution in [2.24, 2.45) is 0 Å². The van der Waals surface area contributed by atoms with Gasteiger partial charge in [0, 0.05) is 22.4 Å². The normalized spacial score (nSPS) is 12.3. The second kappa shape index (κ2) is 6.91. The molecule has 29 heavy (non-hydrogen) atoms. The van der Waals surface area contributed by atoms with Crippen molar-refractivity contribution in [2.45, 2.75) is 13.3 Å². The molecule has 3 aromatic carbocycles. The van der Waals surface area contributed by atoms with E-state index in [1.165, 1.54) is 12.1 Å². The summed E-state index contributed by atoms with van der Waals surface area (Å²) in [7, 11) is 0. The standard InChI is InChI=1S/C23H16NO5/c1-12-6-8-14(9-7-12)24-17-10-13(11-18(25)26)21(27)20-19(17)22(28)15-4-2-3-5-16(15)23(20)29/h2-10,24H,11H2,1H3,(H,25,26). The predicted octanol–water partition coefficient (Wildman–Crippen LogP) is 4.28. The Labute approximate surface area is 166 Å². The summed E-state index contributed by atoms with van der Waals surface area (Å²) in [6.07, 6.45) is -0.544. The fourth-order valence-corrected chi connectivity index (χ4v) is 3.51. The summed E-state index contributed by atoms with van der Waals surface area (Å²) in [6, 6.07) is 15.0. The summed E-state index contributed by atoms with van der Waals surface area (Å²) < 4.78 is 0. The minimum Gasteiger partial charge on any atom is -0.481 e. The van der Waals surface area contributed by atoms with E-state index in [4.69, 9.17) is 0 Å². The lowest BCUT2D eigenvalue weighted by Crippen LogP contribution is -2.23. The SMILES string of the molecule is Cc1ccc(Nc2cc(CC(=O)O)c([O])c3c2C(=O)c2ccccc2C3=O)cc1. The van der Waals surface area contributed by atoms with Crippen LogP contribution in [0.25, 0.3) is 0 Å². The Morgan fingerprint density at radius 1 is 0.931 bits per heavy atom. The van der Waals surface area contributed by atoms with Gasteiger partial charge in [-0.05, 0) is 25.1 Å². The van der Waals surface area contributed by atoms with Crippen LogP contribution in [-0.2, 0) is 16.3 Å². The number of hydrogen-bond donors (Lipinski definition) is 2. The summed E-state index contributed by atoms with van der Waals surface area (Å²) in [5, 5.41) is 25.1. The average Bonchev–Trinajstić information content (AvgIpc) is 2.69. The van der Waals surface area contributed by atoms with Gasteiger partial charge >= 0.3 is 5.97 Å². The third kappa shape index (κ3) is 3.14. The number of rotatable bonds is 4. The first-order valence-corrected chi connectivity index (χ1v) is 8.97. The number of fused-ring (bicyclic) bond motifs is 2. The van der Waals surface area contributed by atoms with Crippen molar-refractivity contribution in [3.8, 4) is 5.75 Å². The molecule has 1 aliphatic carbocycles. The number of carbonyl (C=O) groups excluding carboxylic acids is 2. The minimum atomic E-state index is -1.20. The van der Waals surface area contributed by atoms with Crippen LogP contribution in [0.15, 0.2) is 54.6 Å². The Kier molecular flexibility index (Phi) is 4.39. The highest BCUT2D eigenvalue weighted by Crippen LogP contribution is 2.40. The van der Waals surface area contributed by atoms with Crippen LogP contribution in [0.4, 0.5) is 11.4 Å². The summed E-state index contributed by atoms with van der Waals surface area (Å²) in [6.45, 7) is 1.93. The lowest BCUT2D eigenvalue weighted by atomic mass is 9.81. The van der Waals surface area contributed by atoms with Crippen molar-refractivity contribution in [1.29, 1.82) is 0 Å². The first-order valence-electron chi connectivity index (χ1n) is 8.97. The van der Waals surface area contributed by atoms with E-state index in [0.717, 1.165) is 5.56 Å². The number of hydrogen-bond acceptors (Lipinski definition) is 4. The van der Waals surface area contributed by atoms with Gasteiger partial charge in [0.05, 0.1) is 23.2 Å². The van der Waals surface area contributed by atoms with Gasteiger partial charge < -0.3 is 10.4 Å². The van der Waals surface area contributed by atoms with Crippen LogP contribution in [0.3, 0.4) is 0 Å². The van der Waals surface area contributed by atoms with Gasteiger partial charge in [-0.3, -0.25) is 19.5 Å². The monoisotopic (exact) mass is 386 g/mol. The van der Waals surface area contributed by atoms with Gasteiger partial charge in [-0.2, -0.15) is 0 Å². The molecule has 0 spiro atoms. The molecule has 6 heteroatoms. The minimum absolute atomic E-state index is 0.0200. The van der Waals surface area contributed by atoms with Gasteiger partial charge in [0.2, 0.25) is 0 Å². The number of carbonyl (C=O) groups is 3. The molecule has 143 valence electrons. The van der Waals surface area contributed by atoms with Crippen molar-refractivity contribution in [2.75, 3.05) is 5.32 Å². The first kappa shape index (κ1) is 18.4. The molecule has 3 aromatic rings. The third-order valence-electron chi connectivity index (χ3n) is 4.90. The Morgan fingerprint density at radius 3 is 2.10 bits per heavy atom. The molecule has 0 bridgehead atoms. The van der Waals surface area contributed by atoms with E-state index in [1.807, 2.05) is 19.1 Å². The van der Waals surface area contributed by atoms with Crippen LogP contribution in [0.1, 0.15) is 43.0 Å². The maximum atomic E-state index is 13.2. The molecule has 0 aromatic heterocycles. The first-order chi connectivity index (χ1) is 13.9. The Morgan fingerprint density at radius 2 is 1.52 bits per heavy atom. The highest BCUT2D eigenvalue weighted by molar-refractivity contribution is 6.31. The van der Waals surface area contributed by atoms with Crippen molar-refractivity contribution < 1.29 is 24.6 Å². The molecular formula is C23H16NO5. The summed E-state index contributed by atoms with van der Waals surface area (Å²) in [4.78, 5) is 37.4. The largest absolute Gasteiger partial charge is 0.481 e. The van der Waals surface area contributed by atoms with E-state index in [1.54, 1.807) is 30.3 Å². The zero-order valence-corrected chi connectivity index (χ0v) is 15.5. The van der Waals surface area contributed by atoms with Crippen molar-refractivity contribution >= 4 is 28.9 Å². The van der Waals surface area contributed by atoms with Gasteiger partial charge in [-0.25, -0.2) is 0 Å². The van der Waals surface area contributed by atoms with Gasteiger partial charge in [0.15, 0.2) is 17.3 Å². The predicted molar refractivity (Wildman–Crippen MR) is 106 cm³/mol. The lowest BCUT2D eigenvalue weighted by molar-refractivity contribution is -0.136. The smallest absolute Gasteiger partial charge is 0.307 e. The van der Waals surface area contributed by atoms with Crippen molar-refractivity contribution in [1.82, 2.24) is 0 Å². The van der Waals surface area contributed by atoms with Crippen molar-refractivity contribution in [3.05, 3.63) is 88.0 Å². The number of aliphatic carboxylic acids is 1. The second-order valence-electron chi connectivity index (χ2n) is 6.93. The maximum Gasteiger partial charge on any atom is 0.307 e. The number of carboxylic acid groups (broad SMARTS) is 1. The van der Waals surface area contributed by atoms with Crippen LogP contribution in [0.5, 0.6) is 5.75 Å². The topological polar surface area (TPSA) is 103 Å². The summed E-state index contributed by atoms with van der Waals surface area (Å²) >= 11 is 0. The molecule has 4 rings (SSSR count). The summed E-state index contributed by atoms with van der Waals surface area (Å²) in [5.41, 5.74) is 1.96. The zero-order chi connectivity index (χ0) is 20.7. The molecule has 1 radical (unpaired) electrons. The van der Waals surface area contributed by atoms with Crippen LogP contribution in [-0.4, -0.2) is 22.6 Å². The Hall–Kier alpha value is -3.93. The number of benzene rings is 3. The number of anilines is 2. The van der Waals surface area contributed by atoms with E-state index in [0.29, 0.717) is 5.69 Å². The molecule has 0 unspecified atom stereocenters. The van der Waals surface area contributed by atoms with Gasteiger partial charge in [-0.1, -0.05) is 42.0 Å². The fraction of sp³-hybridized carbons (Fsp3) is 0.0870. The molecule has 0 saturated heterocycles. The zero-order valence-electron chi connectivity index (χ0n) is 15.5. The molecular weight excluding hydrogens is 370 g/mol. The molecule has 6 nitrogen and oxygen atoms in total. The number of carboxylic acids is 1. The summed E-state index contributed by atoms with van der Waals surface area (Å²) in [5.74, 6) is -2.92. The van der Waals surface area contributed by atoms with E-state index >= 15 is 0 Å². The molecule has 0 atom stereocenters. The molecule has 0 saturated carbocycles. The van der Waals surface area contributed by atoms with E-state index in [-0.39, 0.29) is 33.5 Å². The maximum absolute atomic E-state index is 13.2. The highest BCUT2D eigenvalue weighted by Gasteiger charge is 2.36. The van der Waals surface area contributed by atoms with E-state index < -0.39 is 29.7 Å². The van der Waals surface area contributed by atoms with Gasteiger partial charge in [0.25, 0.3) is 0 Å². The third-order valence-corrected chi connectivity index (χ3v) is 4.90. The molecule has 2 N–H and O–H groups in total. The van der Waals surface area contributed by atoms with E-state index in [2.05, 4.69) is 5.32 Å². The van der Waals surface area contributed by atoms with Gasteiger partial charge in [0.1, 0.15) is 0 Å². The van der Waals surface area contributed by atoms with Crippen molar-refractivity contribution in [3.63, 3.8) is 0 Å². The Bertz CT molecular complexity index is 1180. The van der Waals surface area contributed by atoms with E-state index in [9.17, 15) is 24.6 Å². The Balaban J connectivity index is 1.95. The van der Waals surface area contributed by atoms with Gasteiger partial charge in [-0.15, -0.1) is 0 Å². The van der Waals surface area contributed by atoms with Crippen LogP contribution >= 0.6 is 0 Å². The molecule has 0 amide bonds. The lowest BCUT2D eigenvalue weighted by Gasteiger charge is -2.22. The number of nitrogens with one attached hydrogen (secondary N) is 1.